The van der Waals surface area contributed by atoms with Gasteiger partial charge >= 0.3 is 0 Å². The van der Waals surface area contributed by atoms with Gasteiger partial charge in [-0.05, 0) is 30.7 Å². The maximum atomic E-state index is 12.3. The highest BCUT2D eigenvalue weighted by molar-refractivity contribution is 7.92. The average Bonchev–Trinajstić information content (AvgIpc) is 2.70. The third-order valence-electron chi connectivity index (χ3n) is 4.33. The minimum Gasteiger partial charge on any atom is -0.497 e. The number of amides is 1. The van der Waals surface area contributed by atoms with Crippen LogP contribution in [0.3, 0.4) is 0 Å². The van der Waals surface area contributed by atoms with E-state index in [9.17, 15) is 13.2 Å². The van der Waals surface area contributed by atoms with Gasteiger partial charge in [0.15, 0.2) is 11.5 Å². The molecule has 1 aliphatic rings. The highest BCUT2D eigenvalue weighted by Crippen LogP contribution is 2.32. The lowest BCUT2D eigenvalue weighted by Gasteiger charge is -2.22. The minimum absolute atomic E-state index is 0.171. The molecule has 1 amide bonds. The third-order valence-corrected chi connectivity index (χ3v) is 5.53. The van der Waals surface area contributed by atoms with E-state index in [1.54, 1.807) is 42.5 Å². The first-order valence-electron chi connectivity index (χ1n) is 9.18. The molecule has 8 nitrogen and oxygen atoms in total. The van der Waals surface area contributed by atoms with E-state index in [-0.39, 0.29) is 18.9 Å². The fourth-order valence-electron chi connectivity index (χ4n) is 2.98. The Bertz CT molecular complexity index is 977. The van der Waals surface area contributed by atoms with E-state index in [1.165, 1.54) is 11.4 Å². The lowest BCUT2D eigenvalue weighted by molar-refractivity contribution is -0.116. The second kappa shape index (κ2) is 9.04. The normalized spacial score (nSPS) is 12.9. The number of nitrogens with zero attached hydrogens (tertiary/aromatic N) is 1. The quantitative estimate of drug-likeness (QED) is 0.706. The average molecular weight is 420 g/mol. The molecule has 2 aromatic rings. The lowest BCUT2D eigenvalue weighted by Crippen LogP contribution is -2.31. The maximum absolute atomic E-state index is 12.3. The fraction of sp³-hybridized carbons (Fsp3) is 0.350. The first kappa shape index (κ1) is 20.8. The molecule has 0 unspecified atom stereocenters. The van der Waals surface area contributed by atoms with Crippen LogP contribution in [0.1, 0.15) is 12.8 Å². The number of carbonyl (C=O) groups is 1. The van der Waals surface area contributed by atoms with Gasteiger partial charge in [0.2, 0.25) is 15.9 Å². The number of carbonyl (C=O) groups excluding carboxylic acids is 1. The van der Waals surface area contributed by atoms with Crippen LogP contribution in [0.25, 0.3) is 0 Å². The van der Waals surface area contributed by atoms with Gasteiger partial charge in [-0.15, -0.1) is 0 Å². The minimum atomic E-state index is -3.49. The van der Waals surface area contributed by atoms with Crippen LogP contribution in [-0.4, -0.2) is 47.4 Å². The molecule has 0 atom stereocenters. The van der Waals surface area contributed by atoms with Crippen LogP contribution in [-0.2, 0) is 14.8 Å². The van der Waals surface area contributed by atoms with E-state index in [1.807, 2.05) is 0 Å². The highest BCUT2D eigenvalue weighted by atomic mass is 32.2. The summed E-state index contributed by atoms with van der Waals surface area (Å²) in [6.45, 7) is 1.15. The Morgan fingerprint density at radius 2 is 1.90 bits per heavy atom. The number of hydrogen-bond acceptors (Lipinski definition) is 6. The first-order valence-corrected chi connectivity index (χ1v) is 11.0. The zero-order valence-electron chi connectivity index (χ0n) is 16.4. The lowest BCUT2D eigenvalue weighted by atomic mass is 10.2. The molecule has 0 spiro atoms. The van der Waals surface area contributed by atoms with Gasteiger partial charge in [0.05, 0.1) is 19.1 Å². The van der Waals surface area contributed by atoms with Gasteiger partial charge in [-0.1, -0.05) is 6.07 Å². The molecule has 3 rings (SSSR count). The van der Waals surface area contributed by atoms with Crippen LogP contribution in [0.4, 0.5) is 11.4 Å². The number of anilines is 2. The molecule has 1 N–H and O–H groups in total. The van der Waals surface area contributed by atoms with Gasteiger partial charge in [0.1, 0.15) is 19.0 Å². The number of fused-ring (bicyclic) bond motifs is 1. The van der Waals surface area contributed by atoms with Crippen molar-refractivity contribution in [1.82, 2.24) is 0 Å². The summed E-state index contributed by atoms with van der Waals surface area (Å²) in [7, 11) is -1.97. The molecule has 0 radical (unpaired) electrons. The summed E-state index contributed by atoms with van der Waals surface area (Å²) in [5.41, 5.74) is 1.10. The van der Waals surface area contributed by atoms with Crippen molar-refractivity contribution >= 4 is 27.3 Å². The molecule has 2 aromatic carbocycles. The smallest absolute Gasteiger partial charge is 0.232 e. The summed E-state index contributed by atoms with van der Waals surface area (Å²) >= 11 is 0. The van der Waals surface area contributed by atoms with E-state index in [0.29, 0.717) is 48.3 Å². The Hall–Kier alpha value is -2.94. The number of rotatable bonds is 8. The molecular formula is C20H24N2O6S. The number of nitrogens with one attached hydrogen (secondary N) is 1. The van der Waals surface area contributed by atoms with Gasteiger partial charge < -0.3 is 19.5 Å². The van der Waals surface area contributed by atoms with Crippen molar-refractivity contribution in [2.24, 2.45) is 0 Å². The predicted molar refractivity (Wildman–Crippen MR) is 110 cm³/mol. The molecule has 1 heterocycles. The van der Waals surface area contributed by atoms with Crippen molar-refractivity contribution in [1.29, 1.82) is 0 Å². The van der Waals surface area contributed by atoms with Gasteiger partial charge in [-0.2, -0.15) is 0 Å². The van der Waals surface area contributed by atoms with E-state index in [2.05, 4.69) is 5.32 Å². The SMILES string of the molecule is COc1cccc(N(CCCC(=O)Nc2ccc3c(c2)OCCO3)S(C)(=O)=O)c1. The van der Waals surface area contributed by atoms with Crippen LogP contribution < -0.4 is 23.8 Å². The molecule has 1 aliphatic heterocycles. The molecule has 156 valence electrons. The standard InChI is InChI=1S/C20H24N2O6S/c1-26-17-6-3-5-16(14-17)22(29(2,24)25)10-4-7-20(23)21-15-8-9-18-19(13-15)28-12-11-27-18/h3,5-6,8-9,13-14H,4,7,10-12H2,1-2H3,(H,21,23). The number of benzene rings is 2. The van der Waals surface area contributed by atoms with Gasteiger partial charge in [0.25, 0.3) is 0 Å². The molecule has 0 bridgehead atoms. The number of ether oxygens (including phenoxy) is 3. The largest absolute Gasteiger partial charge is 0.497 e. The zero-order valence-corrected chi connectivity index (χ0v) is 17.2. The molecule has 9 heteroatoms. The van der Waals surface area contributed by atoms with Crippen LogP contribution >= 0.6 is 0 Å². The second-order valence-corrected chi connectivity index (χ2v) is 8.45. The van der Waals surface area contributed by atoms with Crippen molar-refractivity contribution in [3.05, 3.63) is 42.5 Å². The van der Waals surface area contributed by atoms with Crippen molar-refractivity contribution in [2.45, 2.75) is 12.8 Å². The Labute approximate surface area is 170 Å². The maximum Gasteiger partial charge on any atom is 0.232 e. The summed E-state index contributed by atoms with van der Waals surface area (Å²) in [4.78, 5) is 12.3. The van der Waals surface area contributed by atoms with Crippen LogP contribution in [0.2, 0.25) is 0 Å². The van der Waals surface area contributed by atoms with Crippen molar-refractivity contribution in [2.75, 3.05) is 42.7 Å². The van der Waals surface area contributed by atoms with E-state index in [0.717, 1.165) is 6.26 Å². The van der Waals surface area contributed by atoms with Crippen LogP contribution in [0, 0.1) is 0 Å². The fourth-order valence-corrected chi connectivity index (χ4v) is 3.94. The highest BCUT2D eigenvalue weighted by Gasteiger charge is 2.18. The van der Waals surface area contributed by atoms with Gasteiger partial charge in [-0.3, -0.25) is 9.10 Å². The molecule has 0 fully saturated rings. The van der Waals surface area contributed by atoms with Crippen LogP contribution in [0.5, 0.6) is 17.2 Å². The number of sulfonamides is 1. The van der Waals surface area contributed by atoms with E-state index in [4.69, 9.17) is 14.2 Å². The molecule has 0 aliphatic carbocycles. The van der Waals surface area contributed by atoms with Gasteiger partial charge in [0, 0.05) is 30.8 Å². The predicted octanol–water partition coefficient (Wildman–Crippen LogP) is 2.65. The molecule has 0 saturated heterocycles. The topological polar surface area (TPSA) is 94.2 Å². The summed E-state index contributed by atoms with van der Waals surface area (Å²) in [6.07, 6.45) is 1.67. The molecular weight excluding hydrogens is 396 g/mol. The number of methoxy groups -OCH3 is 1. The molecule has 0 saturated carbocycles. The van der Waals surface area contributed by atoms with Crippen molar-refractivity contribution in [3.8, 4) is 17.2 Å². The van der Waals surface area contributed by atoms with Crippen molar-refractivity contribution < 1.29 is 27.4 Å². The molecule has 29 heavy (non-hydrogen) atoms. The summed E-state index contributed by atoms with van der Waals surface area (Å²) in [5.74, 6) is 1.60. The van der Waals surface area contributed by atoms with E-state index < -0.39 is 10.0 Å². The second-order valence-electron chi connectivity index (χ2n) is 6.55. The van der Waals surface area contributed by atoms with Crippen molar-refractivity contribution in [3.63, 3.8) is 0 Å². The Balaban J connectivity index is 1.58. The monoisotopic (exact) mass is 420 g/mol. The Morgan fingerprint density at radius 1 is 1.14 bits per heavy atom. The van der Waals surface area contributed by atoms with E-state index >= 15 is 0 Å². The summed E-state index contributed by atoms with van der Waals surface area (Å²) < 4.78 is 41.8. The summed E-state index contributed by atoms with van der Waals surface area (Å²) in [5, 5.41) is 2.80. The summed E-state index contributed by atoms with van der Waals surface area (Å²) in [6, 6.07) is 12.0. The van der Waals surface area contributed by atoms with Gasteiger partial charge in [-0.25, -0.2) is 8.42 Å². The number of hydrogen-bond donors (Lipinski definition) is 1. The first-order chi connectivity index (χ1) is 13.9. The Morgan fingerprint density at radius 3 is 2.62 bits per heavy atom. The molecule has 0 aromatic heterocycles. The Kier molecular flexibility index (Phi) is 6.48. The zero-order chi connectivity index (χ0) is 20.9. The third kappa shape index (κ3) is 5.54. The van der Waals surface area contributed by atoms with Crippen LogP contribution in [0.15, 0.2) is 42.5 Å².